The topological polar surface area (TPSA) is 55.8 Å². The Labute approximate surface area is 105 Å². The smallest absolute Gasteiger partial charge is 0.319 e. The fourth-order valence-electron chi connectivity index (χ4n) is 1.66. The molecule has 0 radical (unpaired) electrons. The normalized spacial score (nSPS) is 10.8. The third kappa shape index (κ3) is 3.49. The molecule has 0 saturated heterocycles. The number of rotatable bonds is 6. The lowest BCUT2D eigenvalue weighted by molar-refractivity contribution is -0.142. The Hall–Kier alpha value is -2.01. The van der Waals surface area contributed by atoms with Crippen molar-refractivity contribution in [2.24, 2.45) is 0 Å². The van der Waals surface area contributed by atoms with Gasteiger partial charge in [-0.1, -0.05) is 0 Å². The van der Waals surface area contributed by atoms with Crippen molar-refractivity contribution in [2.45, 2.75) is 13.1 Å². The summed E-state index contributed by atoms with van der Waals surface area (Å²) in [5.41, 5.74) is 0. The van der Waals surface area contributed by atoms with Crippen molar-refractivity contribution >= 4 is 5.97 Å². The fourth-order valence-corrected chi connectivity index (χ4v) is 1.66. The van der Waals surface area contributed by atoms with Crippen LogP contribution in [0.4, 0.5) is 0 Å². The van der Waals surface area contributed by atoms with Crippen LogP contribution < -0.4 is 0 Å². The highest BCUT2D eigenvalue weighted by atomic mass is 16.5. The Kier molecular flexibility index (Phi) is 4.20. The lowest BCUT2D eigenvalue weighted by Gasteiger charge is -2.18. The minimum Gasteiger partial charge on any atom is -0.468 e. The van der Waals surface area contributed by atoms with E-state index in [1.54, 1.807) is 12.5 Å². The van der Waals surface area contributed by atoms with Crippen LogP contribution in [0.25, 0.3) is 0 Å². The number of esters is 1. The molecular formula is C13H15NO4. The first-order chi connectivity index (χ1) is 8.78. The van der Waals surface area contributed by atoms with Gasteiger partial charge in [0, 0.05) is 0 Å². The van der Waals surface area contributed by atoms with Gasteiger partial charge in [-0.15, -0.1) is 0 Å². The molecule has 2 aromatic rings. The molecular weight excluding hydrogens is 234 g/mol. The summed E-state index contributed by atoms with van der Waals surface area (Å²) in [6.07, 6.45) is 3.22. The molecule has 0 aromatic carbocycles. The van der Waals surface area contributed by atoms with E-state index < -0.39 is 0 Å². The van der Waals surface area contributed by atoms with E-state index in [0.29, 0.717) is 13.1 Å². The Morgan fingerprint density at radius 2 is 1.72 bits per heavy atom. The van der Waals surface area contributed by atoms with Crippen LogP contribution in [0, 0.1) is 0 Å². The molecule has 2 aromatic heterocycles. The quantitative estimate of drug-likeness (QED) is 0.733. The molecule has 0 N–H and O–H groups in total. The molecule has 0 aliphatic heterocycles. The first-order valence-electron chi connectivity index (χ1n) is 5.62. The van der Waals surface area contributed by atoms with Crippen LogP contribution in [-0.2, 0) is 22.6 Å². The maximum absolute atomic E-state index is 11.4. The summed E-state index contributed by atoms with van der Waals surface area (Å²) in [6, 6.07) is 7.37. The zero-order chi connectivity index (χ0) is 12.8. The zero-order valence-electron chi connectivity index (χ0n) is 10.2. The van der Waals surface area contributed by atoms with Crippen molar-refractivity contribution in [2.75, 3.05) is 13.7 Å². The minimum absolute atomic E-state index is 0.192. The Balaban J connectivity index is 2.00. The second kappa shape index (κ2) is 6.07. The number of carbonyl (C=O) groups is 1. The van der Waals surface area contributed by atoms with E-state index in [1.807, 2.05) is 29.2 Å². The van der Waals surface area contributed by atoms with Crippen molar-refractivity contribution in [1.29, 1.82) is 0 Å². The third-order valence-electron chi connectivity index (χ3n) is 2.50. The largest absolute Gasteiger partial charge is 0.468 e. The third-order valence-corrected chi connectivity index (χ3v) is 2.50. The monoisotopic (exact) mass is 249 g/mol. The van der Waals surface area contributed by atoms with Gasteiger partial charge in [0.2, 0.25) is 0 Å². The average molecular weight is 249 g/mol. The molecule has 5 heteroatoms. The van der Waals surface area contributed by atoms with Crippen molar-refractivity contribution in [1.82, 2.24) is 4.90 Å². The summed E-state index contributed by atoms with van der Waals surface area (Å²) in [5.74, 6) is 1.31. The summed E-state index contributed by atoms with van der Waals surface area (Å²) < 4.78 is 15.2. The fraction of sp³-hybridized carbons (Fsp3) is 0.308. The van der Waals surface area contributed by atoms with Crippen LogP contribution >= 0.6 is 0 Å². The van der Waals surface area contributed by atoms with Gasteiger partial charge in [-0.3, -0.25) is 9.69 Å². The van der Waals surface area contributed by atoms with E-state index in [0.717, 1.165) is 11.5 Å². The van der Waals surface area contributed by atoms with E-state index in [2.05, 4.69) is 4.74 Å². The first kappa shape index (κ1) is 12.4. The maximum Gasteiger partial charge on any atom is 0.319 e. The van der Waals surface area contributed by atoms with Gasteiger partial charge in [0.25, 0.3) is 0 Å². The molecule has 96 valence electrons. The van der Waals surface area contributed by atoms with E-state index in [9.17, 15) is 4.79 Å². The number of furan rings is 2. The standard InChI is InChI=1S/C13H15NO4/c1-16-13(15)10-14(8-11-4-2-6-17-11)9-12-5-3-7-18-12/h2-7H,8-10H2,1H3. The molecule has 0 aliphatic rings. The number of nitrogens with zero attached hydrogens (tertiary/aromatic N) is 1. The molecule has 0 fully saturated rings. The average Bonchev–Trinajstić information content (AvgIpc) is 3.02. The van der Waals surface area contributed by atoms with Gasteiger partial charge in [-0.25, -0.2) is 0 Å². The molecule has 0 saturated carbocycles. The number of methoxy groups -OCH3 is 1. The molecule has 18 heavy (non-hydrogen) atoms. The minimum atomic E-state index is -0.284. The van der Waals surface area contributed by atoms with Crippen molar-refractivity contribution in [3.63, 3.8) is 0 Å². The molecule has 2 heterocycles. The van der Waals surface area contributed by atoms with Crippen molar-refractivity contribution in [3.8, 4) is 0 Å². The molecule has 0 amide bonds. The summed E-state index contributed by atoms with van der Waals surface area (Å²) in [7, 11) is 1.38. The maximum atomic E-state index is 11.4. The Bertz CT molecular complexity index is 425. The highest BCUT2D eigenvalue weighted by molar-refractivity contribution is 5.71. The van der Waals surface area contributed by atoms with Crippen LogP contribution in [0.15, 0.2) is 45.6 Å². The van der Waals surface area contributed by atoms with E-state index in [-0.39, 0.29) is 12.5 Å². The predicted octanol–water partition coefficient (Wildman–Crippen LogP) is 2.05. The van der Waals surface area contributed by atoms with E-state index >= 15 is 0 Å². The van der Waals surface area contributed by atoms with Crippen LogP contribution in [0.2, 0.25) is 0 Å². The van der Waals surface area contributed by atoms with Crippen LogP contribution in [0.3, 0.4) is 0 Å². The summed E-state index contributed by atoms with van der Waals surface area (Å²) in [5, 5.41) is 0. The number of hydrogen-bond acceptors (Lipinski definition) is 5. The SMILES string of the molecule is COC(=O)CN(Cc1ccco1)Cc1ccco1. The summed E-state index contributed by atoms with van der Waals surface area (Å²) in [6.45, 7) is 1.25. The van der Waals surface area contributed by atoms with Crippen molar-refractivity contribution < 1.29 is 18.4 Å². The van der Waals surface area contributed by atoms with Gasteiger partial charge in [0.05, 0.1) is 39.3 Å². The lowest BCUT2D eigenvalue weighted by Crippen LogP contribution is -2.29. The van der Waals surface area contributed by atoms with Crippen LogP contribution in [-0.4, -0.2) is 24.5 Å². The van der Waals surface area contributed by atoms with Gasteiger partial charge in [0.1, 0.15) is 11.5 Å². The second-order valence-corrected chi connectivity index (χ2v) is 3.88. The summed E-state index contributed by atoms with van der Waals surface area (Å²) in [4.78, 5) is 13.2. The molecule has 5 nitrogen and oxygen atoms in total. The number of carbonyl (C=O) groups excluding carboxylic acids is 1. The van der Waals surface area contributed by atoms with Gasteiger partial charge >= 0.3 is 5.97 Å². The molecule has 0 bridgehead atoms. The molecule has 0 atom stereocenters. The predicted molar refractivity (Wildman–Crippen MR) is 63.5 cm³/mol. The Morgan fingerprint density at radius 1 is 1.17 bits per heavy atom. The van der Waals surface area contributed by atoms with Gasteiger partial charge in [0.15, 0.2) is 0 Å². The van der Waals surface area contributed by atoms with E-state index in [4.69, 9.17) is 8.83 Å². The first-order valence-corrected chi connectivity index (χ1v) is 5.62. The highest BCUT2D eigenvalue weighted by Gasteiger charge is 2.14. The van der Waals surface area contributed by atoms with Gasteiger partial charge < -0.3 is 13.6 Å². The molecule has 0 aliphatic carbocycles. The molecule has 0 spiro atoms. The molecule has 2 rings (SSSR count). The lowest BCUT2D eigenvalue weighted by atomic mass is 10.3. The van der Waals surface area contributed by atoms with Crippen LogP contribution in [0.1, 0.15) is 11.5 Å². The van der Waals surface area contributed by atoms with E-state index in [1.165, 1.54) is 7.11 Å². The zero-order valence-corrected chi connectivity index (χ0v) is 10.2. The van der Waals surface area contributed by atoms with Crippen molar-refractivity contribution in [3.05, 3.63) is 48.3 Å². The Morgan fingerprint density at radius 3 is 2.11 bits per heavy atom. The van der Waals surface area contributed by atoms with Gasteiger partial charge in [-0.2, -0.15) is 0 Å². The second-order valence-electron chi connectivity index (χ2n) is 3.88. The summed E-state index contributed by atoms with van der Waals surface area (Å²) >= 11 is 0. The van der Waals surface area contributed by atoms with Crippen LogP contribution in [0.5, 0.6) is 0 Å². The number of ether oxygens (including phenoxy) is 1. The highest BCUT2D eigenvalue weighted by Crippen LogP contribution is 2.10. The number of hydrogen-bond donors (Lipinski definition) is 0. The van der Waals surface area contributed by atoms with Gasteiger partial charge in [-0.05, 0) is 24.3 Å². The molecule has 0 unspecified atom stereocenters.